The molecule has 31 heavy (non-hydrogen) atoms. The van der Waals surface area contributed by atoms with Crippen molar-refractivity contribution in [2.75, 3.05) is 32.4 Å². The quantitative estimate of drug-likeness (QED) is 0.500. The average Bonchev–Trinajstić information content (AvgIpc) is 3.45. The van der Waals surface area contributed by atoms with Crippen LogP contribution in [0.4, 0.5) is 0 Å². The minimum atomic E-state index is -0.621. The third-order valence-electron chi connectivity index (χ3n) is 6.65. The van der Waals surface area contributed by atoms with Gasteiger partial charge < -0.3 is 14.2 Å². The molecule has 1 spiro atoms. The van der Waals surface area contributed by atoms with E-state index in [-0.39, 0.29) is 22.6 Å². The number of fused-ring (bicyclic) bond motifs is 7. The molecule has 0 unspecified atom stereocenters. The lowest BCUT2D eigenvalue weighted by Gasteiger charge is -2.41. The Morgan fingerprint density at radius 3 is 2.71 bits per heavy atom. The molecule has 0 N–H and O–H groups in total. The zero-order chi connectivity index (χ0) is 21.8. The van der Waals surface area contributed by atoms with Crippen LogP contribution in [-0.4, -0.2) is 43.6 Å². The third kappa shape index (κ3) is 3.22. The van der Waals surface area contributed by atoms with Gasteiger partial charge in [0.1, 0.15) is 11.3 Å². The molecule has 1 saturated carbocycles. The van der Waals surface area contributed by atoms with Gasteiger partial charge in [-0.3, -0.25) is 14.5 Å². The third-order valence-corrected chi connectivity index (χ3v) is 6.95. The fourth-order valence-electron chi connectivity index (χ4n) is 4.99. The lowest BCUT2D eigenvalue weighted by molar-refractivity contribution is 0.0598. The van der Waals surface area contributed by atoms with Crippen LogP contribution < -0.4 is 15.2 Å². The highest BCUT2D eigenvalue weighted by molar-refractivity contribution is 6.32. The van der Waals surface area contributed by atoms with E-state index in [0.717, 1.165) is 48.9 Å². The Labute approximate surface area is 185 Å². The van der Waals surface area contributed by atoms with Gasteiger partial charge in [-0.05, 0) is 43.4 Å². The number of esters is 1. The molecule has 164 valence electrons. The van der Waals surface area contributed by atoms with Crippen LogP contribution >= 0.6 is 11.6 Å². The number of ether oxygens (including phenoxy) is 3. The minimum absolute atomic E-state index is 0.0420. The first-order chi connectivity index (χ1) is 15.0. The molecule has 7 nitrogen and oxygen atoms in total. The summed E-state index contributed by atoms with van der Waals surface area (Å²) < 4.78 is 17.8. The second-order valence-corrected chi connectivity index (χ2v) is 8.87. The Balaban J connectivity index is 1.63. The molecule has 1 aromatic heterocycles. The Bertz CT molecular complexity index is 1110. The molecule has 5 rings (SSSR count). The molecule has 1 atom stereocenters. The van der Waals surface area contributed by atoms with Crippen molar-refractivity contribution in [1.82, 2.24) is 4.68 Å². The fourth-order valence-corrected chi connectivity index (χ4v) is 5.21. The number of pyridine rings is 1. The first-order valence-electron chi connectivity index (χ1n) is 10.6. The molecule has 1 aromatic carbocycles. The molecule has 0 bridgehead atoms. The van der Waals surface area contributed by atoms with E-state index in [2.05, 4.69) is 5.01 Å². The maximum absolute atomic E-state index is 12.7. The van der Waals surface area contributed by atoms with Crippen LogP contribution in [0.5, 0.6) is 5.75 Å². The Kier molecular flexibility index (Phi) is 4.98. The van der Waals surface area contributed by atoms with E-state index in [9.17, 15) is 9.59 Å². The molecule has 2 fully saturated rings. The molecule has 0 radical (unpaired) electrons. The van der Waals surface area contributed by atoms with Gasteiger partial charge in [-0.15, -0.1) is 0 Å². The zero-order valence-corrected chi connectivity index (χ0v) is 18.4. The van der Waals surface area contributed by atoms with Crippen LogP contribution in [0.2, 0.25) is 5.02 Å². The number of halogens is 1. The number of benzene rings is 1. The number of rotatable bonds is 6. The predicted octanol–water partition coefficient (Wildman–Crippen LogP) is 3.69. The maximum Gasteiger partial charge on any atom is 0.343 e. The van der Waals surface area contributed by atoms with E-state index in [1.54, 1.807) is 13.3 Å². The van der Waals surface area contributed by atoms with Gasteiger partial charge in [0.25, 0.3) is 0 Å². The first-order valence-corrected chi connectivity index (χ1v) is 11.0. The van der Waals surface area contributed by atoms with Crippen LogP contribution in [0.25, 0.3) is 11.3 Å². The normalized spacial score (nSPS) is 19.6. The highest BCUT2D eigenvalue weighted by atomic mass is 35.5. The summed E-state index contributed by atoms with van der Waals surface area (Å²) in [4.78, 5) is 24.9. The van der Waals surface area contributed by atoms with Crippen molar-refractivity contribution in [2.24, 2.45) is 0 Å². The van der Waals surface area contributed by atoms with Crippen LogP contribution in [0.15, 0.2) is 29.2 Å². The molecule has 1 aliphatic carbocycles. The largest absolute Gasteiger partial charge is 0.492 e. The number of hydrogen-bond acceptors (Lipinski definition) is 6. The second kappa shape index (κ2) is 7.57. The van der Waals surface area contributed by atoms with Gasteiger partial charge in [0.15, 0.2) is 5.43 Å². The van der Waals surface area contributed by atoms with E-state index < -0.39 is 5.97 Å². The molecule has 2 aromatic rings. The number of carbonyl (C=O) groups is 1. The van der Waals surface area contributed by atoms with Crippen LogP contribution in [0.1, 0.15) is 54.1 Å². The van der Waals surface area contributed by atoms with Gasteiger partial charge in [0.2, 0.25) is 0 Å². The van der Waals surface area contributed by atoms with Gasteiger partial charge in [0.05, 0.1) is 36.0 Å². The molecule has 3 aliphatic rings. The molecule has 3 heterocycles. The van der Waals surface area contributed by atoms with Gasteiger partial charge in [-0.2, -0.15) is 0 Å². The lowest BCUT2D eigenvalue weighted by atomic mass is 9.94. The zero-order valence-electron chi connectivity index (χ0n) is 17.7. The SMILES string of the molecule is COCCCOc1cc2c(cc1Cl)-c1cc(=O)c(C(=O)OC)cn1N1[C@H]2CCC12CC2. The van der Waals surface area contributed by atoms with E-state index in [1.807, 2.05) is 16.8 Å². The van der Waals surface area contributed by atoms with Crippen molar-refractivity contribution < 1.29 is 19.0 Å². The summed E-state index contributed by atoms with van der Waals surface area (Å²) in [6.07, 6.45) is 6.68. The summed E-state index contributed by atoms with van der Waals surface area (Å²) in [6.45, 7) is 1.14. The lowest BCUT2D eigenvalue weighted by Crippen LogP contribution is -2.46. The molecular formula is C23H25ClN2O5. The number of hydrogen-bond donors (Lipinski definition) is 0. The number of methoxy groups -OCH3 is 2. The topological polar surface area (TPSA) is 70.0 Å². The molecule has 8 heteroatoms. The summed E-state index contributed by atoms with van der Waals surface area (Å²) in [5.74, 6) is 0.0275. The highest BCUT2D eigenvalue weighted by Gasteiger charge is 2.57. The van der Waals surface area contributed by atoms with Crippen molar-refractivity contribution in [3.63, 3.8) is 0 Å². The summed E-state index contributed by atoms with van der Waals surface area (Å²) in [7, 11) is 2.95. The maximum atomic E-state index is 12.7. The Morgan fingerprint density at radius 2 is 2.00 bits per heavy atom. The van der Waals surface area contributed by atoms with E-state index >= 15 is 0 Å². The smallest absolute Gasteiger partial charge is 0.343 e. The second-order valence-electron chi connectivity index (χ2n) is 8.46. The Morgan fingerprint density at radius 1 is 1.19 bits per heavy atom. The number of carbonyl (C=O) groups excluding carboxylic acids is 1. The summed E-state index contributed by atoms with van der Waals surface area (Å²) in [6, 6.07) is 5.55. The monoisotopic (exact) mass is 444 g/mol. The standard InChI is InChI=1S/C23H25ClN2O5/c1-29-8-3-9-31-21-11-15-14(10-17(21)24)19-12-20(27)16(22(28)30-2)13-25(19)26-18(15)4-5-23(26)6-7-23/h10-13,18H,3-9H2,1-2H3/t18-/m0/s1. The highest BCUT2D eigenvalue weighted by Crippen LogP contribution is 2.58. The van der Waals surface area contributed by atoms with Crippen LogP contribution in [0.3, 0.4) is 0 Å². The summed E-state index contributed by atoms with van der Waals surface area (Å²) >= 11 is 6.56. The van der Waals surface area contributed by atoms with Crippen molar-refractivity contribution in [3.8, 4) is 17.0 Å². The van der Waals surface area contributed by atoms with Crippen LogP contribution in [0, 0.1) is 0 Å². The fraction of sp³-hybridized carbons (Fsp3) is 0.478. The van der Waals surface area contributed by atoms with Gasteiger partial charge in [0, 0.05) is 38.0 Å². The van der Waals surface area contributed by atoms with Crippen LogP contribution in [-0.2, 0) is 9.47 Å². The average molecular weight is 445 g/mol. The van der Waals surface area contributed by atoms with E-state index in [4.69, 9.17) is 25.8 Å². The predicted molar refractivity (Wildman–Crippen MR) is 117 cm³/mol. The Hall–Kier alpha value is -2.51. The number of aromatic nitrogens is 1. The van der Waals surface area contributed by atoms with Crippen molar-refractivity contribution in [1.29, 1.82) is 0 Å². The van der Waals surface area contributed by atoms with E-state index in [1.165, 1.54) is 13.2 Å². The van der Waals surface area contributed by atoms with Crippen molar-refractivity contribution in [2.45, 2.75) is 43.7 Å². The summed E-state index contributed by atoms with van der Waals surface area (Å²) in [5.41, 5.74) is 2.52. The molecule has 1 saturated heterocycles. The van der Waals surface area contributed by atoms with Crippen molar-refractivity contribution in [3.05, 3.63) is 50.8 Å². The van der Waals surface area contributed by atoms with Gasteiger partial charge >= 0.3 is 5.97 Å². The minimum Gasteiger partial charge on any atom is -0.492 e. The first kappa shape index (κ1) is 20.4. The van der Waals surface area contributed by atoms with Gasteiger partial charge in [-0.25, -0.2) is 4.79 Å². The molecule has 2 aliphatic heterocycles. The number of nitrogens with zero attached hydrogens (tertiary/aromatic N) is 2. The van der Waals surface area contributed by atoms with E-state index in [0.29, 0.717) is 24.0 Å². The van der Waals surface area contributed by atoms with Crippen molar-refractivity contribution >= 4 is 17.6 Å². The van der Waals surface area contributed by atoms with Gasteiger partial charge in [-0.1, -0.05) is 11.6 Å². The molecule has 0 amide bonds. The molecular weight excluding hydrogens is 420 g/mol. The summed E-state index contributed by atoms with van der Waals surface area (Å²) in [5, 5.41) is 2.85.